The highest BCUT2D eigenvalue weighted by Gasteiger charge is 2.15. The van der Waals surface area contributed by atoms with Crippen molar-refractivity contribution in [1.82, 2.24) is 14.8 Å². The van der Waals surface area contributed by atoms with Gasteiger partial charge in [0.1, 0.15) is 12.4 Å². The van der Waals surface area contributed by atoms with Crippen molar-refractivity contribution in [3.63, 3.8) is 0 Å². The number of nitrogens with zero attached hydrogens (tertiary/aromatic N) is 3. The van der Waals surface area contributed by atoms with Crippen LogP contribution in [0.3, 0.4) is 0 Å². The predicted octanol–water partition coefficient (Wildman–Crippen LogP) is 4.63. The average molecular weight is 446 g/mol. The van der Waals surface area contributed by atoms with Crippen molar-refractivity contribution in [3.8, 4) is 23.1 Å². The van der Waals surface area contributed by atoms with Gasteiger partial charge in [-0.15, -0.1) is 5.10 Å². The minimum atomic E-state index is -0.368. The van der Waals surface area contributed by atoms with Gasteiger partial charge in [-0.05, 0) is 48.9 Å². The molecule has 1 aromatic heterocycles. The Kier molecular flexibility index (Phi) is 7.06. The molecule has 168 valence electrons. The van der Waals surface area contributed by atoms with Gasteiger partial charge in [0.2, 0.25) is 5.91 Å². The Labute approximate surface area is 190 Å². The molecular formula is C25H23FN4O3. The fourth-order valence-corrected chi connectivity index (χ4v) is 3.20. The minimum Gasteiger partial charge on any atom is -0.463 e. The van der Waals surface area contributed by atoms with E-state index in [1.54, 1.807) is 41.1 Å². The van der Waals surface area contributed by atoms with E-state index in [-0.39, 0.29) is 24.3 Å². The van der Waals surface area contributed by atoms with Crippen LogP contribution in [0.25, 0.3) is 17.1 Å². The van der Waals surface area contributed by atoms with Crippen LogP contribution in [-0.4, -0.2) is 33.9 Å². The molecule has 1 amide bonds. The van der Waals surface area contributed by atoms with Crippen LogP contribution in [0, 0.1) is 5.82 Å². The highest BCUT2D eigenvalue weighted by molar-refractivity contribution is 5.91. The molecule has 0 bridgehead atoms. The van der Waals surface area contributed by atoms with E-state index < -0.39 is 0 Å². The zero-order valence-corrected chi connectivity index (χ0v) is 18.1. The molecule has 7 nitrogen and oxygen atoms in total. The van der Waals surface area contributed by atoms with Gasteiger partial charge in [-0.1, -0.05) is 42.5 Å². The summed E-state index contributed by atoms with van der Waals surface area (Å²) in [4.78, 5) is 16.6. The van der Waals surface area contributed by atoms with Gasteiger partial charge in [-0.2, -0.15) is 4.98 Å². The number of nitrogens with one attached hydrogen (secondary N) is 1. The number of ether oxygens (including phenoxy) is 2. The summed E-state index contributed by atoms with van der Waals surface area (Å²) in [6.07, 6.45) is 0. The molecule has 0 fully saturated rings. The van der Waals surface area contributed by atoms with Crippen molar-refractivity contribution in [2.24, 2.45) is 0 Å². The third kappa shape index (κ3) is 5.81. The molecule has 0 saturated heterocycles. The lowest BCUT2D eigenvalue weighted by atomic mass is 10.2. The molecule has 4 rings (SSSR count). The molecule has 3 aromatic carbocycles. The Hall–Kier alpha value is -4.04. The van der Waals surface area contributed by atoms with E-state index in [1.165, 1.54) is 12.1 Å². The number of hydrogen-bond donors (Lipinski definition) is 1. The number of benzene rings is 3. The molecule has 0 atom stereocenters. The number of anilines is 1. The van der Waals surface area contributed by atoms with Gasteiger partial charge in [0, 0.05) is 11.3 Å². The summed E-state index contributed by atoms with van der Waals surface area (Å²) in [5, 5.41) is 7.19. The van der Waals surface area contributed by atoms with Crippen LogP contribution in [0.1, 0.15) is 12.5 Å². The first-order valence-electron chi connectivity index (χ1n) is 10.5. The summed E-state index contributed by atoms with van der Waals surface area (Å²) in [6.45, 7) is 2.55. The fourth-order valence-electron chi connectivity index (χ4n) is 3.20. The van der Waals surface area contributed by atoms with E-state index in [4.69, 9.17) is 9.47 Å². The first-order chi connectivity index (χ1) is 16.1. The molecule has 0 unspecified atom stereocenters. The maximum absolute atomic E-state index is 13.8. The standard InChI is InChI=1S/C25H23FN4O3/c1-2-33-25-28-24(19-9-6-10-20(26)15-19)30(29-25)22-13-11-21(12-14-22)27-23(31)17-32-16-18-7-4-3-5-8-18/h3-15H,2,16-17H2,1H3,(H,27,31). The van der Waals surface area contributed by atoms with Crippen LogP contribution in [0.5, 0.6) is 6.01 Å². The third-order valence-electron chi connectivity index (χ3n) is 4.68. The summed E-state index contributed by atoms with van der Waals surface area (Å²) in [5.74, 6) is -0.171. The monoisotopic (exact) mass is 446 g/mol. The maximum atomic E-state index is 13.8. The van der Waals surface area contributed by atoms with Gasteiger partial charge < -0.3 is 14.8 Å². The molecule has 0 saturated carbocycles. The average Bonchev–Trinajstić information content (AvgIpc) is 3.24. The van der Waals surface area contributed by atoms with Crippen LogP contribution < -0.4 is 10.1 Å². The minimum absolute atomic E-state index is 0.0544. The molecule has 0 aliphatic rings. The lowest BCUT2D eigenvalue weighted by molar-refractivity contribution is -0.121. The van der Waals surface area contributed by atoms with Gasteiger partial charge in [0.15, 0.2) is 5.82 Å². The number of carbonyl (C=O) groups excluding carboxylic acids is 1. The van der Waals surface area contributed by atoms with Crippen molar-refractivity contribution in [1.29, 1.82) is 0 Å². The lowest BCUT2D eigenvalue weighted by Gasteiger charge is -2.09. The Balaban J connectivity index is 1.45. The Morgan fingerprint density at radius 2 is 1.82 bits per heavy atom. The molecular weight excluding hydrogens is 423 g/mol. The van der Waals surface area contributed by atoms with Crippen LogP contribution in [0.4, 0.5) is 10.1 Å². The number of rotatable bonds is 9. The van der Waals surface area contributed by atoms with Crippen LogP contribution in [0.2, 0.25) is 0 Å². The number of carbonyl (C=O) groups is 1. The fraction of sp³-hybridized carbons (Fsp3) is 0.160. The third-order valence-corrected chi connectivity index (χ3v) is 4.68. The Morgan fingerprint density at radius 1 is 1.03 bits per heavy atom. The van der Waals surface area contributed by atoms with Crippen LogP contribution in [-0.2, 0) is 16.1 Å². The topological polar surface area (TPSA) is 78.3 Å². The molecule has 0 radical (unpaired) electrons. The second-order valence-corrected chi connectivity index (χ2v) is 7.15. The number of hydrogen-bond acceptors (Lipinski definition) is 5. The van der Waals surface area contributed by atoms with Gasteiger partial charge in [0.25, 0.3) is 0 Å². The Morgan fingerprint density at radius 3 is 2.55 bits per heavy atom. The van der Waals surface area contributed by atoms with Gasteiger partial charge in [-0.3, -0.25) is 4.79 Å². The summed E-state index contributed by atoms with van der Waals surface area (Å²) < 4.78 is 26.2. The first kappa shape index (κ1) is 22.2. The van der Waals surface area contributed by atoms with Crippen molar-refractivity contribution in [2.75, 3.05) is 18.5 Å². The SMILES string of the molecule is CCOc1nc(-c2cccc(F)c2)n(-c2ccc(NC(=O)COCc3ccccc3)cc2)n1. The lowest BCUT2D eigenvalue weighted by Crippen LogP contribution is -2.18. The zero-order chi connectivity index (χ0) is 23.0. The summed E-state index contributed by atoms with van der Waals surface area (Å²) >= 11 is 0. The molecule has 0 aliphatic carbocycles. The van der Waals surface area contributed by atoms with Crippen LogP contribution in [0.15, 0.2) is 78.9 Å². The van der Waals surface area contributed by atoms with Crippen molar-refractivity contribution < 1.29 is 18.7 Å². The van der Waals surface area contributed by atoms with E-state index in [9.17, 15) is 9.18 Å². The molecule has 0 aliphatic heterocycles. The summed E-state index contributed by atoms with van der Waals surface area (Å²) in [7, 11) is 0. The van der Waals surface area contributed by atoms with E-state index in [0.29, 0.717) is 36.0 Å². The van der Waals surface area contributed by atoms with Gasteiger partial charge in [0.05, 0.1) is 18.9 Å². The van der Waals surface area contributed by atoms with Gasteiger partial charge >= 0.3 is 6.01 Å². The smallest absolute Gasteiger partial charge is 0.336 e. The number of halogens is 1. The van der Waals surface area contributed by atoms with Crippen LogP contribution >= 0.6 is 0 Å². The molecule has 1 heterocycles. The molecule has 1 N–H and O–H groups in total. The molecule has 4 aromatic rings. The normalized spacial score (nSPS) is 10.7. The van der Waals surface area contributed by atoms with E-state index in [0.717, 1.165) is 5.56 Å². The second-order valence-electron chi connectivity index (χ2n) is 7.15. The van der Waals surface area contributed by atoms with Gasteiger partial charge in [-0.25, -0.2) is 9.07 Å². The van der Waals surface area contributed by atoms with Crippen molar-refractivity contribution >= 4 is 11.6 Å². The largest absolute Gasteiger partial charge is 0.463 e. The quantitative estimate of drug-likeness (QED) is 0.406. The highest BCUT2D eigenvalue weighted by atomic mass is 19.1. The highest BCUT2D eigenvalue weighted by Crippen LogP contribution is 2.25. The molecule has 8 heteroatoms. The predicted molar refractivity (Wildman–Crippen MR) is 123 cm³/mol. The van der Waals surface area contributed by atoms with E-state index >= 15 is 0 Å². The molecule has 33 heavy (non-hydrogen) atoms. The number of aromatic nitrogens is 3. The Bertz CT molecular complexity index is 1210. The first-order valence-corrected chi connectivity index (χ1v) is 10.5. The maximum Gasteiger partial charge on any atom is 0.336 e. The van der Waals surface area contributed by atoms with Crippen molar-refractivity contribution in [2.45, 2.75) is 13.5 Å². The summed E-state index contributed by atoms with van der Waals surface area (Å²) in [5.41, 5.74) is 2.87. The van der Waals surface area contributed by atoms with Crippen molar-refractivity contribution in [3.05, 3.63) is 90.2 Å². The molecule has 0 spiro atoms. The number of amides is 1. The van der Waals surface area contributed by atoms with E-state index in [1.807, 2.05) is 37.3 Å². The van der Waals surface area contributed by atoms with E-state index in [2.05, 4.69) is 15.4 Å². The second kappa shape index (κ2) is 10.5. The zero-order valence-electron chi connectivity index (χ0n) is 18.1. The summed E-state index contributed by atoms with van der Waals surface area (Å²) in [6, 6.07) is 23.1.